The van der Waals surface area contributed by atoms with E-state index in [2.05, 4.69) is 5.32 Å². The van der Waals surface area contributed by atoms with E-state index >= 15 is 0 Å². The number of sulfonamides is 1. The third-order valence-corrected chi connectivity index (χ3v) is 9.02. The van der Waals surface area contributed by atoms with Gasteiger partial charge in [0.05, 0.1) is 11.9 Å². The van der Waals surface area contributed by atoms with Gasteiger partial charge in [-0.1, -0.05) is 78.7 Å². The van der Waals surface area contributed by atoms with Crippen LogP contribution in [0.5, 0.6) is 0 Å². The van der Waals surface area contributed by atoms with Crippen LogP contribution in [0.4, 0.5) is 5.69 Å². The summed E-state index contributed by atoms with van der Waals surface area (Å²) in [5.74, 6) is -0.912. The van der Waals surface area contributed by atoms with E-state index in [0.717, 1.165) is 27.3 Å². The van der Waals surface area contributed by atoms with E-state index in [9.17, 15) is 18.0 Å². The predicted octanol–water partition coefficient (Wildman–Crippen LogP) is 5.93. The van der Waals surface area contributed by atoms with Crippen LogP contribution in [0.2, 0.25) is 10.0 Å². The standard InChI is InChI=1S/C31H37Cl2N3O4S/c1-6-22(3)34-31(38)29(18-24-13-8-7-9-14-24)35(19-25-26(32)15-11-16-27(25)33)30(37)20-36(41(5,39)40)28-17-10-12-21(2)23(28)4/h7-17,22,29H,6,18-20H2,1-5H3,(H,34,38)/t22-,29+/m1/s1. The van der Waals surface area contributed by atoms with Crippen molar-refractivity contribution in [2.75, 3.05) is 17.1 Å². The van der Waals surface area contributed by atoms with Gasteiger partial charge in [-0.15, -0.1) is 0 Å². The lowest BCUT2D eigenvalue weighted by atomic mass is 10.0. The highest BCUT2D eigenvalue weighted by atomic mass is 35.5. The van der Waals surface area contributed by atoms with Gasteiger partial charge in [0.1, 0.15) is 12.6 Å². The molecule has 1 N–H and O–H groups in total. The van der Waals surface area contributed by atoms with Crippen molar-refractivity contribution in [3.8, 4) is 0 Å². The third-order valence-electron chi connectivity index (χ3n) is 7.19. The average molecular weight is 619 g/mol. The normalized spacial score (nSPS) is 12.9. The van der Waals surface area contributed by atoms with Gasteiger partial charge >= 0.3 is 0 Å². The molecular weight excluding hydrogens is 581 g/mol. The van der Waals surface area contributed by atoms with Gasteiger partial charge in [-0.25, -0.2) is 8.42 Å². The number of halogens is 2. The Bertz CT molecular complexity index is 1460. The van der Waals surface area contributed by atoms with Crippen LogP contribution >= 0.6 is 23.2 Å². The maximum Gasteiger partial charge on any atom is 0.244 e. The van der Waals surface area contributed by atoms with Crippen molar-refractivity contribution in [2.24, 2.45) is 0 Å². The highest BCUT2D eigenvalue weighted by molar-refractivity contribution is 7.92. The third kappa shape index (κ3) is 8.47. The summed E-state index contributed by atoms with van der Waals surface area (Å²) in [5.41, 5.74) is 3.34. The monoisotopic (exact) mass is 617 g/mol. The zero-order valence-corrected chi connectivity index (χ0v) is 26.4. The van der Waals surface area contributed by atoms with Gasteiger partial charge in [0.2, 0.25) is 21.8 Å². The summed E-state index contributed by atoms with van der Waals surface area (Å²) in [6, 6.07) is 18.6. The molecule has 0 spiro atoms. The molecule has 3 aromatic carbocycles. The SMILES string of the molecule is CC[C@@H](C)NC(=O)[C@H](Cc1ccccc1)N(Cc1c(Cl)cccc1Cl)C(=O)CN(c1cccc(C)c1C)S(C)(=O)=O. The van der Waals surface area contributed by atoms with E-state index in [4.69, 9.17) is 23.2 Å². The van der Waals surface area contributed by atoms with Crippen LogP contribution in [0.1, 0.15) is 42.5 Å². The molecule has 0 saturated heterocycles. The minimum Gasteiger partial charge on any atom is -0.352 e. The van der Waals surface area contributed by atoms with Crippen molar-refractivity contribution in [3.63, 3.8) is 0 Å². The molecule has 0 bridgehead atoms. The molecule has 7 nitrogen and oxygen atoms in total. The van der Waals surface area contributed by atoms with E-state index in [1.165, 1.54) is 4.90 Å². The summed E-state index contributed by atoms with van der Waals surface area (Å²) in [4.78, 5) is 29.4. The van der Waals surface area contributed by atoms with Gasteiger partial charge < -0.3 is 10.2 Å². The second kappa shape index (κ2) is 14.2. The van der Waals surface area contributed by atoms with Crippen LogP contribution in [-0.4, -0.2) is 50.0 Å². The molecule has 3 aromatic rings. The fraction of sp³-hybridized carbons (Fsp3) is 0.355. The molecule has 2 amide bonds. The Morgan fingerprint density at radius 1 is 0.927 bits per heavy atom. The lowest BCUT2D eigenvalue weighted by Gasteiger charge is -2.34. The first kappa shape index (κ1) is 32.4. The van der Waals surface area contributed by atoms with Crippen LogP contribution in [0, 0.1) is 13.8 Å². The van der Waals surface area contributed by atoms with Gasteiger partial charge in [0, 0.05) is 34.6 Å². The summed E-state index contributed by atoms with van der Waals surface area (Å²) in [7, 11) is -3.87. The Kier molecular flexibility index (Phi) is 11.2. The lowest BCUT2D eigenvalue weighted by molar-refractivity contribution is -0.140. The lowest BCUT2D eigenvalue weighted by Crippen LogP contribution is -2.54. The Balaban J connectivity index is 2.13. The molecule has 0 radical (unpaired) electrons. The molecule has 0 fully saturated rings. The van der Waals surface area contributed by atoms with Gasteiger partial charge in [-0.3, -0.25) is 13.9 Å². The minimum atomic E-state index is -3.87. The molecule has 41 heavy (non-hydrogen) atoms. The Labute approximate surface area is 253 Å². The molecule has 0 heterocycles. The Morgan fingerprint density at radius 2 is 1.54 bits per heavy atom. The van der Waals surface area contributed by atoms with E-state index in [1.807, 2.05) is 64.1 Å². The maximum atomic E-state index is 14.2. The van der Waals surface area contributed by atoms with Crippen molar-refractivity contribution in [1.82, 2.24) is 10.2 Å². The fourth-order valence-corrected chi connectivity index (χ4v) is 5.87. The zero-order chi connectivity index (χ0) is 30.3. The number of rotatable bonds is 12. The second-order valence-corrected chi connectivity index (χ2v) is 13.0. The van der Waals surface area contributed by atoms with Gasteiger partial charge in [-0.05, 0) is 62.1 Å². The smallest absolute Gasteiger partial charge is 0.244 e. The van der Waals surface area contributed by atoms with Crippen LogP contribution in [-0.2, 0) is 32.6 Å². The van der Waals surface area contributed by atoms with Crippen molar-refractivity contribution in [1.29, 1.82) is 0 Å². The minimum absolute atomic E-state index is 0.0901. The molecule has 2 atom stereocenters. The molecule has 0 aromatic heterocycles. The first-order chi connectivity index (χ1) is 19.3. The van der Waals surface area contributed by atoms with Crippen LogP contribution < -0.4 is 9.62 Å². The first-order valence-corrected chi connectivity index (χ1v) is 16.0. The highest BCUT2D eigenvalue weighted by Gasteiger charge is 2.34. The molecule has 3 rings (SSSR count). The summed E-state index contributed by atoms with van der Waals surface area (Å²) < 4.78 is 27.2. The number of hydrogen-bond acceptors (Lipinski definition) is 4. The fourth-order valence-electron chi connectivity index (χ4n) is 4.45. The molecule has 0 aliphatic carbocycles. The zero-order valence-electron chi connectivity index (χ0n) is 24.0. The Hall–Kier alpha value is -3.07. The van der Waals surface area contributed by atoms with Crippen molar-refractivity contribution in [2.45, 2.75) is 59.2 Å². The van der Waals surface area contributed by atoms with Crippen molar-refractivity contribution in [3.05, 3.63) is 99.0 Å². The number of nitrogens with zero attached hydrogens (tertiary/aromatic N) is 2. The molecule has 0 unspecified atom stereocenters. The summed E-state index contributed by atoms with van der Waals surface area (Å²) in [5, 5.41) is 3.68. The number of aryl methyl sites for hydroxylation is 1. The van der Waals surface area contributed by atoms with E-state index in [-0.39, 0.29) is 24.9 Å². The molecular formula is C31H37Cl2N3O4S. The first-order valence-electron chi connectivity index (χ1n) is 13.4. The van der Waals surface area contributed by atoms with Crippen molar-refractivity contribution >= 4 is 50.7 Å². The average Bonchev–Trinajstić information content (AvgIpc) is 2.92. The highest BCUT2D eigenvalue weighted by Crippen LogP contribution is 2.29. The number of amides is 2. The number of carbonyl (C=O) groups is 2. The van der Waals surface area contributed by atoms with E-state index in [0.29, 0.717) is 27.7 Å². The number of benzene rings is 3. The quantitative estimate of drug-likeness (QED) is 0.273. The van der Waals surface area contributed by atoms with Gasteiger partial charge in [0.25, 0.3) is 0 Å². The second-order valence-electron chi connectivity index (χ2n) is 10.2. The topological polar surface area (TPSA) is 86.8 Å². The predicted molar refractivity (Wildman–Crippen MR) is 167 cm³/mol. The maximum absolute atomic E-state index is 14.2. The number of carbonyl (C=O) groups excluding carboxylic acids is 2. The molecule has 220 valence electrons. The molecule has 10 heteroatoms. The van der Waals surface area contributed by atoms with E-state index < -0.39 is 28.5 Å². The summed E-state index contributed by atoms with van der Waals surface area (Å²) in [6.45, 7) is 6.94. The van der Waals surface area contributed by atoms with Crippen LogP contribution in [0.25, 0.3) is 0 Å². The van der Waals surface area contributed by atoms with Crippen LogP contribution in [0.3, 0.4) is 0 Å². The van der Waals surface area contributed by atoms with Gasteiger partial charge in [-0.2, -0.15) is 0 Å². The Morgan fingerprint density at radius 3 is 2.12 bits per heavy atom. The number of anilines is 1. The largest absolute Gasteiger partial charge is 0.352 e. The summed E-state index contributed by atoms with van der Waals surface area (Å²) >= 11 is 13.0. The van der Waals surface area contributed by atoms with E-state index in [1.54, 1.807) is 30.3 Å². The molecule has 0 saturated carbocycles. The van der Waals surface area contributed by atoms with Crippen LogP contribution in [0.15, 0.2) is 66.7 Å². The van der Waals surface area contributed by atoms with Crippen molar-refractivity contribution < 1.29 is 18.0 Å². The molecule has 0 aliphatic heterocycles. The number of hydrogen-bond donors (Lipinski definition) is 1. The molecule has 0 aliphatic rings. The van der Waals surface area contributed by atoms with Gasteiger partial charge in [0.15, 0.2) is 0 Å². The number of nitrogens with one attached hydrogen (secondary N) is 1. The summed E-state index contributed by atoms with van der Waals surface area (Å²) in [6.07, 6.45) is 1.97.